The second-order valence-corrected chi connectivity index (χ2v) is 5.42. The number of aromatic nitrogens is 2. The molecule has 1 heterocycles. The van der Waals surface area contributed by atoms with Gasteiger partial charge in [0.1, 0.15) is 0 Å². The van der Waals surface area contributed by atoms with E-state index in [9.17, 15) is 5.11 Å². The average molecular weight is 227 g/mol. The van der Waals surface area contributed by atoms with Crippen LogP contribution in [0.3, 0.4) is 0 Å². The predicted molar refractivity (Wildman–Crippen MR) is 60.6 cm³/mol. The number of thioether (sulfide) groups is 1. The van der Waals surface area contributed by atoms with Crippen LogP contribution in [0, 0.1) is 5.92 Å². The molecule has 2 rings (SSSR count). The van der Waals surface area contributed by atoms with Gasteiger partial charge < -0.3 is 10.8 Å². The van der Waals surface area contributed by atoms with Crippen LogP contribution < -0.4 is 5.73 Å². The molecule has 84 valence electrons. The average Bonchev–Trinajstić information content (AvgIpc) is 2.99. The van der Waals surface area contributed by atoms with Gasteiger partial charge in [-0.3, -0.25) is 4.68 Å². The van der Waals surface area contributed by atoms with E-state index < -0.39 is 0 Å². The van der Waals surface area contributed by atoms with Gasteiger partial charge in [0.05, 0.1) is 12.8 Å². The molecule has 1 aliphatic rings. The van der Waals surface area contributed by atoms with Gasteiger partial charge in [-0.1, -0.05) is 0 Å². The summed E-state index contributed by atoms with van der Waals surface area (Å²) in [6.45, 7) is 0.136. The third kappa shape index (κ3) is 2.74. The highest BCUT2D eigenvalue weighted by molar-refractivity contribution is 8.00. The molecule has 1 aromatic heterocycles. The van der Waals surface area contributed by atoms with Crippen LogP contribution in [0.4, 0.5) is 0 Å². The van der Waals surface area contributed by atoms with Gasteiger partial charge in [0.25, 0.3) is 0 Å². The fourth-order valence-corrected chi connectivity index (χ4v) is 2.78. The molecular formula is C10H17N3OS. The molecule has 3 N–H and O–H groups in total. The first-order valence-electron chi connectivity index (χ1n) is 5.22. The topological polar surface area (TPSA) is 64.1 Å². The van der Waals surface area contributed by atoms with Crippen LogP contribution in [0.15, 0.2) is 17.3 Å². The van der Waals surface area contributed by atoms with Gasteiger partial charge in [-0.25, -0.2) is 0 Å². The normalized spacial score (nSPS) is 20.2. The lowest BCUT2D eigenvalue weighted by Gasteiger charge is -2.20. The summed E-state index contributed by atoms with van der Waals surface area (Å²) < 4.78 is 1.76. The van der Waals surface area contributed by atoms with Crippen molar-refractivity contribution in [2.24, 2.45) is 18.7 Å². The van der Waals surface area contributed by atoms with Crippen LogP contribution in [0.25, 0.3) is 0 Å². The Kier molecular flexibility index (Phi) is 3.33. The van der Waals surface area contributed by atoms with Crippen molar-refractivity contribution in [3.8, 4) is 0 Å². The van der Waals surface area contributed by atoms with Gasteiger partial charge in [0.2, 0.25) is 0 Å². The smallest absolute Gasteiger partial charge is 0.0625 e. The standard InChI is InChI=1S/C10H17N3OS/c1-13-5-8(4-12-13)15-9(6-14)10(11)7-2-3-7/h4-5,7,9-10,14H,2-3,6,11H2,1H3. The lowest BCUT2D eigenvalue weighted by Crippen LogP contribution is -2.36. The number of hydrogen-bond acceptors (Lipinski definition) is 4. The van der Waals surface area contributed by atoms with Gasteiger partial charge in [0, 0.05) is 29.4 Å². The number of rotatable bonds is 5. The molecule has 0 radical (unpaired) electrons. The largest absolute Gasteiger partial charge is 0.395 e. The van der Waals surface area contributed by atoms with E-state index in [1.807, 2.05) is 19.4 Å². The van der Waals surface area contributed by atoms with E-state index in [2.05, 4.69) is 5.10 Å². The molecule has 0 aliphatic heterocycles. The first-order chi connectivity index (χ1) is 7.20. The van der Waals surface area contributed by atoms with Gasteiger partial charge in [-0.2, -0.15) is 5.10 Å². The quantitative estimate of drug-likeness (QED) is 0.723. The second kappa shape index (κ2) is 4.55. The molecule has 1 saturated carbocycles. The summed E-state index contributed by atoms with van der Waals surface area (Å²) in [5, 5.41) is 13.5. The van der Waals surface area contributed by atoms with Crippen LogP contribution in [0.5, 0.6) is 0 Å². The zero-order valence-corrected chi connectivity index (χ0v) is 9.65. The zero-order valence-electron chi connectivity index (χ0n) is 8.84. The van der Waals surface area contributed by atoms with Crippen molar-refractivity contribution >= 4 is 11.8 Å². The number of hydrogen-bond donors (Lipinski definition) is 2. The Morgan fingerprint density at radius 3 is 2.93 bits per heavy atom. The van der Waals surface area contributed by atoms with E-state index in [1.165, 1.54) is 12.8 Å². The van der Waals surface area contributed by atoms with E-state index in [4.69, 9.17) is 5.73 Å². The fourth-order valence-electron chi connectivity index (χ4n) is 1.66. The minimum absolute atomic E-state index is 0.0988. The highest BCUT2D eigenvalue weighted by Crippen LogP contribution is 2.37. The summed E-state index contributed by atoms with van der Waals surface area (Å²) in [4.78, 5) is 1.08. The molecule has 2 unspecified atom stereocenters. The molecule has 0 amide bonds. The van der Waals surface area contributed by atoms with Gasteiger partial charge in [0.15, 0.2) is 0 Å². The maximum atomic E-state index is 9.31. The Labute approximate surface area is 93.8 Å². The maximum Gasteiger partial charge on any atom is 0.0625 e. The summed E-state index contributed by atoms with van der Waals surface area (Å²) in [6.07, 6.45) is 6.19. The molecule has 0 spiro atoms. The third-order valence-electron chi connectivity index (χ3n) is 2.74. The van der Waals surface area contributed by atoms with Crippen LogP contribution in [0.1, 0.15) is 12.8 Å². The van der Waals surface area contributed by atoms with Crippen molar-refractivity contribution in [1.82, 2.24) is 9.78 Å². The number of aliphatic hydroxyl groups is 1. The van der Waals surface area contributed by atoms with E-state index in [1.54, 1.807) is 16.4 Å². The number of nitrogens with two attached hydrogens (primary N) is 1. The highest BCUT2D eigenvalue weighted by Gasteiger charge is 2.34. The number of aliphatic hydroxyl groups excluding tert-OH is 1. The van der Waals surface area contributed by atoms with Crippen molar-refractivity contribution in [3.05, 3.63) is 12.4 Å². The molecule has 15 heavy (non-hydrogen) atoms. The van der Waals surface area contributed by atoms with Gasteiger partial charge in [-0.15, -0.1) is 11.8 Å². The van der Waals surface area contributed by atoms with Crippen LogP contribution in [0.2, 0.25) is 0 Å². The highest BCUT2D eigenvalue weighted by atomic mass is 32.2. The van der Waals surface area contributed by atoms with Crippen molar-refractivity contribution in [2.75, 3.05) is 6.61 Å². The summed E-state index contributed by atoms with van der Waals surface area (Å²) in [7, 11) is 1.89. The van der Waals surface area contributed by atoms with E-state index >= 15 is 0 Å². The Hall–Kier alpha value is -0.520. The maximum absolute atomic E-state index is 9.31. The first kappa shape index (κ1) is 11.0. The molecule has 4 nitrogen and oxygen atoms in total. The SMILES string of the molecule is Cn1cc(SC(CO)C(N)C2CC2)cn1. The van der Waals surface area contributed by atoms with Crippen molar-refractivity contribution < 1.29 is 5.11 Å². The Balaban J connectivity index is 1.95. The zero-order chi connectivity index (χ0) is 10.8. The van der Waals surface area contributed by atoms with E-state index in [-0.39, 0.29) is 17.9 Å². The van der Waals surface area contributed by atoms with Gasteiger partial charge in [-0.05, 0) is 18.8 Å². The number of aryl methyl sites for hydroxylation is 1. The van der Waals surface area contributed by atoms with E-state index in [0.717, 1.165) is 4.90 Å². The van der Waals surface area contributed by atoms with Crippen LogP contribution in [-0.4, -0.2) is 32.8 Å². The Morgan fingerprint density at radius 1 is 1.73 bits per heavy atom. The Bertz CT molecular complexity index is 324. The van der Waals surface area contributed by atoms with Crippen LogP contribution in [-0.2, 0) is 7.05 Å². The lowest BCUT2D eigenvalue weighted by molar-refractivity contribution is 0.277. The third-order valence-corrected chi connectivity index (χ3v) is 3.99. The molecule has 0 aromatic carbocycles. The number of nitrogens with zero attached hydrogens (tertiary/aromatic N) is 2. The van der Waals surface area contributed by atoms with E-state index in [0.29, 0.717) is 5.92 Å². The molecule has 1 aromatic rings. The van der Waals surface area contributed by atoms with Crippen molar-refractivity contribution in [3.63, 3.8) is 0 Å². The lowest BCUT2D eigenvalue weighted by atomic mass is 10.1. The minimum Gasteiger partial charge on any atom is -0.395 e. The molecule has 1 fully saturated rings. The summed E-state index contributed by atoms with van der Waals surface area (Å²) in [5.74, 6) is 0.617. The Morgan fingerprint density at radius 2 is 2.47 bits per heavy atom. The molecule has 2 atom stereocenters. The van der Waals surface area contributed by atoms with Crippen molar-refractivity contribution in [2.45, 2.75) is 29.0 Å². The molecule has 0 bridgehead atoms. The first-order valence-corrected chi connectivity index (χ1v) is 6.10. The second-order valence-electron chi connectivity index (χ2n) is 4.10. The van der Waals surface area contributed by atoms with Gasteiger partial charge >= 0.3 is 0 Å². The minimum atomic E-state index is 0.0988. The molecule has 0 saturated heterocycles. The molecule has 5 heteroatoms. The summed E-state index contributed by atoms with van der Waals surface area (Å²) >= 11 is 1.63. The monoisotopic (exact) mass is 227 g/mol. The fraction of sp³-hybridized carbons (Fsp3) is 0.700. The van der Waals surface area contributed by atoms with Crippen LogP contribution >= 0.6 is 11.8 Å². The van der Waals surface area contributed by atoms with Crippen molar-refractivity contribution in [1.29, 1.82) is 0 Å². The molecule has 1 aliphatic carbocycles. The summed E-state index contributed by atoms with van der Waals surface area (Å²) in [6, 6.07) is 0.111. The predicted octanol–water partition coefficient (Wildman–Crippen LogP) is 0.610. The summed E-state index contributed by atoms with van der Waals surface area (Å²) in [5.41, 5.74) is 6.08. The molecular weight excluding hydrogens is 210 g/mol.